The van der Waals surface area contributed by atoms with Crippen LogP contribution in [0.4, 0.5) is 0 Å². The van der Waals surface area contributed by atoms with E-state index in [2.05, 4.69) is 0 Å². The Morgan fingerprint density at radius 3 is 2.00 bits per heavy atom. The molecule has 22 heavy (non-hydrogen) atoms. The van der Waals surface area contributed by atoms with Crippen LogP contribution >= 0.6 is 23.2 Å². The number of halogens is 2. The van der Waals surface area contributed by atoms with Crippen LogP contribution < -0.4 is 0 Å². The molecule has 120 valence electrons. The number of nitrogens with zero attached hydrogens (tertiary/aromatic N) is 2. The van der Waals surface area contributed by atoms with Crippen LogP contribution in [0, 0.1) is 5.41 Å². The molecule has 0 N–H and O–H groups in total. The fraction of sp³-hybridized carbons (Fsp3) is 0.500. The molecular formula is C16H20Cl2N2O2. The molecule has 0 atom stereocenters. The maximum absolute atomic E-state index is 12.5. The number of benzene rings is 1. The van der Waals surface area contributed by atoms with Crippen molar-refractivity contribution in [1.29, 1.82) is 0 Å². The number of carbonyl (C=O) groups excluding carboxylic acids is 2. The first-order chi connectivity index (χ1) is 10.2. The molecule has 1 aromatic carbocycles. The molecule has 4 nitrogen and oxygen atoms in total. The van der Waals surface area contributed by atoms with Gasteiger partial charge in [-0.05, 0) is 18.2 Å². The number of hydrogen-bond acceptors (Lipinski definition) is 2. The lowest BCUT2D eigenvalue weighted by atomic mass is 9.94. The average Bonchev–Trinajstić information content (AvgIpc) is 2.48. The molecule has 1 heterocycles. The number of piperazine rings is 1. The van der Waals surface area contributed by atoms with E-state index in [-0.39, 0.29) is 11.8 Å². The van der Waals surface area contributed by atoms with Gasteiger partial charge in [-0.25, -0.2) is 0 Å². The monoisotopic (exact) mass is 342 g/mol. The van der Waals surface area contributed by atoms with Crippen LogP contribution in [-0.4, -0.2) is 47.8 Å². The zero-order valence-corrected chi connectivity index (χ0v) is 14.5. The quantitative estimate of drug-likeness (QED) is 0.785. The highest BCUT2D eigenvalue weighted by Gasteiger charge is 2.31. The number of carbonyl (C=O) groups is 2. The molecule has 0 bridgehead atoms. The molecule has 0 spiro atoms. The molecule has 2 rings (SSSR count). The van der Waals surface area contributed by atoms with Gasteiger partial charge in [0.1, 0.15) is 0 Å². The van der Waals surface area contributed by atoms with Crippen LogP contribution in [0.15, 0.2) is 18.2 Å². The fourth-order valence-electron chi connectivity index (χ4n) is 2.40. The average molecular weight is 343 g/mol. The summed E-state index contributed by atoms with van der Waals surface area (Å²) in [6.45, 7) is 7.89. The molecule has 0 aromatic heterocycles. The maximum atomic E-state index is 12.5. The van der Waals surface area contributed by atoms with Gasteiger partial charge in [0.2, 0.25) is 5.91 Å². The van der Waals surface area contributed by atoms with Crippen LogP contribution in [0.1, 0.15) is 31.1 Å². The molecule has 2 amide bonds. The van der Waals surface area contributed by atoms with Gasteiger partial charge in [-0.2, -0.15) is 0 Å². The van der Waals surface area contributed by atoms with E-state index in [0.717, 1.165) is 0 Å². The minimum absolute atomic E-state index is 0.0820. The minimum atomic E-state index is -0.393. The van der Waals surface area contributed by atoms with E-state index in [1.807, 2.05) is 25.7 Å². The largest absolute Gasteiger partial charge is 0.339 e. The summed E-state index contributed by atoms with van der Waals surface area (Å²) in [5.41, 5.74) is 0.126. The third-order valence-corrected chi connectivity index (χ3v) is 4.40. The van der Waals surface area contributed by atoms with Gasteiger partial charge in [-0.1, -0.05) is 44.0 Å². The SMILES string of the molecule is CC(C)(C)C(=O)N1CCN(C(=O)c2ccc(Cl)c(Cl)c2)CC1. The second-order valence-corrected chi connectivity index (χ2v) is 7.28. The molecule has 1 aliphatic rings. The Labute approximate surface area is 141 Å². The smallest absolute Gasteiger partial charge is 0.254 e. The summed E-state index contributed by atoms with van der Waals surface area (Å²) in [6, 6.07) is 4.87. The van der Waals surface area contributed by atoms with Gasteiger partial charge < -0.3 is 9.80 Å². The van der Waals surface area contributed by atoms with Crippen LogP contribution in [0.2, 0.25) is 10.0 Å². The van der Waals surface area contributed by atoms with Crippen LogP contribution in [0.25, 0.3) is 0 Å². The van der Waals surface area contributed by atoms with Gasteiger partial charge >= 0.3 is 0 Å². The fourth-order valence-corrected chi connectivity index (χ4v) is 2.70. The van der Waals surface area contributed by atoms with E-state index >= 15 is 0 Å². The van der Waals surface area contributed by atoms with Crippen molar-refractivity contribution in [3.05, 3.63) is 33.8 Å². The first kappa shape index (κ1) is 17.1. The van der Waals surface area contributed by atoms with Gasteiger partial charge in [-0.3, -0.25) is 9.59 Å². The molecule has 0 unspecified atom stereocenters. The van der Waals surface area contributed by atoms with Gasteiger partial charge in [0.25, 0.3) is 5.91 Å². The molecule has 1 aromatic rings. The summed E-state index contributed by atoms with van der Waals surface area (Å²) < 4.78 is 0. The highest BCUT2D eigenvalue weighted by atomic mass is 35.5. The molecule has 1 fully saturated rings. The van der Waals surface area contributed by atoms with Gasteiger partial charge in [0.05, 0.1) is 10.0 Å². The van der Waals surface area contributed by atoms with Gasteiger partial charge in [-0.15, -0.1) is 0 Å². The number of rotatable bonds is 1. The summed E-state index contributed by atoms with van der Waals surface area (Å²) in [4.78, 5) is 28.3. The second-order valence-electron chi connectivity index (χ2n) is 6.46. The lowest BCUT2D eigenvalue weighted by molar-refractivity contribution is -0.140. The van der Waals surface area contributed by atoms with E-state index in [0.29, 0.717) is 41.8 Å². The first-order valence-corrected chi connectivity index (χ1v) is 7.99. The normalized spacial score (nSPS) is 15.9. The molecule has 1 saturated heterocycles. The Morgan fingerprint density at radius 2 is 1.50 bits per heavy atom. The van der Waals surface area contributed by atoms with Crippen molar-refractivity contribution in [3.63, 3.8) is 0 Å². The third-order valence-electron chi connectivity index (χ3n) is 3.66. The lowest BCUT2D eigenvalue weighted by Crippen LogP contribution is -2.53. The Kier molecular flexibility index (Phi) is 5.03. The highest BCUT2D eigenvalue weighted by Crippen LogP contribution is 2.24. The summed E-state index contributed by atoms with van der Waals surface area (Å²) in [7, 11) is 0. The summed E-state index contributed by atoms with van der Waals surface area (Å²) in [6.07, 6.45) is 0. The molecule has 0 saturated carbocycles. The first-order valence-electron chi connectivity index (χ1n) is 7.24. The highest BCUT2D eigenvalue weighted by molar-refractivity contribution is 6.42. The summed E-state index contributed by atoms with van der Waals surface area (Å²) in [5.74, 6) is 0.0376. The van der Waals surface area contributed by atoms with Gasteiger partial charge in [0, 0.05) is 37.2 Å². The van der Waals surface area contributed by atoms with E-state index in [1.165, 1.54) is 0 Å². The summed E-state index contributed by atoms with van der Waals surface area (Å²) in [5, 5.41) is 0.799. The van der Waals surface area contributed by atoms with Crippen LogP contribution in [-0.2, 0) is 4.79 Å². The Balaban J connectivity index is 2.01. The van der Waals surface area contributed by atoms with E-state index in [9.17, 15) is 9.59 Å². The molecule has 0 radical (unpaired) electrons. The molecule has 1 aliphatic heterocycles. The topological polar surface area (TPSA) is 40.6 Å². The predicted molar refractivity (Wildman–Crippen MR) is 88.4 cm³/mol. The third kappa shape index (κ3) is 3.73. The zero-order chi connectivity index (χ0) is 16.5. The lowest BCUT2D eigenvalue weighted by Gasteiger charge is -2.37. The predicted octanol–water partition coefficient (Wildman–Crippen LogP) is 3.32. The summed E-state index contributed by atoms with van der Waals surface area (Å²) >= 11 is 11.8. The number of hydrogen-bond donors (Lipinski definition) is 0. The van der Waals surface area contributed by atoms with Gasteiger partial charge in [0.15, 0.2) is 0 Å². The van der Waals surface area contributed by atoms with E-state index in [1.54, 1.807) is 23.1 Å². The second kappa shape index (κ2) is 6.47. The van der Waals surface area contributed by atoms with Crippen molar-refractivity contribution in [2.45, 2.75) is 20.8 Å². The zero-order valence-electron chi connectivity index (χ0n) is 13.0. The maximum Gasteiger partial charge on any atom is 0.254 e. The standard InChI is InChI=1S/C16H20Cl2N2O2/c1-16(2,3)15(22)20-8-6-19(7-9-20)14(21)11-4-5-12(17)13(18)10-11/h4-5,10H,6-9H2,1-3H3. The van der Waals surface area contributed by atoms with Crippen molar-refractivity contribution in [2.24, 2.45) is 5.41 Å². The van der Waals surface area contributed by atoms with Crippen molar-refractivity contribution >= 4 is 35.0 Å². The van der Waals surface area contributed by atoms with Crippen molar-refractivity contribution in [2.75, 3.05) is 26.2 Å². The van der Waals surface area contributed by atoms with E-state index < -0.39 is 5.41 Å². The Bertz CT molecular complexity index is 588. The minimum Gasteiger partial charge on any atom is -0.339 e. The Hall–Kier alpha value is -1.26. The van der Waals surface area contributed by atoms with Crippen molar-refractivity contribution in [3.8, 4) is 0 Å². The van der Waals surface area contributed by atoms with Crippen LogP contribution in [0.5, 0.6) is 0 Å². The van der Waals surface area contributed by atoms with E-state index in [4.69, 9.17) is 23.2 Å². The number of amides is 2. The van der Waals surface area contributed by atoms with Crippen molar-refractivity contribution < 1.29 is 9.59 Å². The molecule has 6 heteroatoms. The molecule has 0 aliphatic carbocycles. The Morgan fingerprint density at radius 1 is 0.955 bits per heavy atom. The molecular weight excluding hydrogens is 323 g/mol. The van der Waals surface area contributed by atoms with Crippen molar-refractivity contribution in [1.82, 2.24) is 9.80 Å². The van der Waals surface area contributed by atoms with Crippen LogP contribution in [0.3, 0.4) is 0 Å².